The molecule has 3 aromatic rings. The Kier molecular flexibility index (Phi) is 5.08. The zero-order valence-corrected chi connectivity index (χ0v) is 14.1. The molecule has 124 valence electrons. The molecular formula is C18H19N3O2S. The van der Waals surface area contributed by atoms with Crippen LogP contribution >= 0.6 is 11.3 Å². The molecule has 0 aliphatic rings. The fourth-order valence-corrected chi connectivity index (χ4v) is 3.05. The molecule has 0 radical (unpaired) electrons. The number of rotatable bonds is 6. The average molecular weight is 341 g/mol. The van der Waals surface area contributed by atoms with E-state index in [1.165, 1.54) is 0 Å². The van der Waals surface area contributed by atoms with E-state index in [1.807, 2.05) is 42.6 Å². The number of amides is 1. The van der Waals surface area contributed by atoms with Crippen LogP contribution in [-0.4, -0.2) is 27.5 Å². The minimum atomic E-state index is -0.580. The Labute approximate surface area is 144 Å². The fraction of sp³-hybridized carbons (Fsp3) is 0.222. The summed E-state index contributed by atoms with van der Waals surface area (Å²) in [6.45, 7) is 2.35. The van der Waals surface area contributed by atoms with Crippen LogP contribution in [0.15, 0.2) is 48.0 Å². The number of hydrogen-bond donors (Lipinski definition) is 3. The summed E-state index contributed by atoms with van der Waals surface area (Å²) in [5.74, 6) is -0.187. The summed E-state index contributed by atoms with van der Waals surface area (Å²) in [7, 11) is 0. The van der Waals surface area contributed by atoms with E-state index < -0.39 is 6.10 Å². The summed E-state index contributed by atoms with van der Waals surface area (Å²) in [6, 6.07) is 11.2. The molecule has 6 heteroatoms. The minimum Gasteiger partial charge on any atom is -0.388 e. The van der Waals surface area contributed by atoms with Gasteiger partial charge in [-0.1, -0.05) is 30.3 Å². The van der Waals surface area contributed by atoms with Crippen molar-refractivity contribution >= 4 is 17.2 Å². The smallest absolute Gasteiger partial charge is 0.267 e. The Balaban J connectivity index is 1.53. The molecule has 3 rings (SSSR count). The van der Waals surface area contributed by atoms with Crippen LogP contribution in [0.5, 0.6) is 0 Å². The lowest BCUT2D eigenvalue weighted by Crippen LogP contribution is -2.25. The summed E-state index contributed by atoms with van der Waals surface area (Å²) in [6.07, 6.45) is 1.67. The molecule has 2 aromatic heterocycles. The molecule has 1 amide bonds. The second-order valence-electron chi connectivity index (χ2n) is 5.52. The first kappa shape index (κ1) is 16.4. The van der Waals surface area contributed by atoms with E-state index in [4.69, 9.17) is 0 Å². The number of benzene rings is 1. The molecule has 5 nitrogen and oxygen atoms in total. The molecule has 0 fully saturated rings. The highest BCUT2D eigenvalue weighted by molar-refractivity contribution is 7.09. The Morgan fingerprint density at radius 3 is 2.88 bits per heavy atom. The quantitative estimate of drug-likeness (QED) is 0.644. The predicted octanol–water partition coefficient (Wildman–Crippen LogP) is 3.30. The average Bonchev–Trinajstić information content (AvgIpc) is 3.24. The highest BCUT2D eigenvalue weighted by Crippen LogP contribution is 2.22. The second-order valence-corrected chi connectivity index (χ2v) is 6.59. The lowest BCUT2D eigenvalue weighted by molar-refractivity contribution is 0.0938. The van der Waals surface area contributed by atoms with Gasteiger partial charge in [0.05, 0.1) is 16.8 Å². The van der Waals surface area contributed by atoms with E-state index in [0.29, 0.717) is 18.7 Å². The van der Waals surface area contributed by atoms with Crippen molar-refractivity contribution in [1.29, 1.82) is 0 Å². The highest BCUT2D eigenvalue weighted by atomic mass is 32.1. The van der Waals surface area contributed by atoms with Crippen LogP contribution in [0.2, 0.25) is 0 Å². The summed E-state index contributed by atoms with van der Waals surface area (Å²) in [5.41, 5.74) is 3.11. The van der Waals surface area contributed by atoms with Gasteiger partial charge in [0.25, 0.3) is 5.91 Å². The molecule has 0 aliphatic carbocycles. The number of aromatic nitrogens is 2. The third-order valence-electron chi connectivity index (χ3n) is 3.73. The summed E-state index contributed by atoms with van der Waals surface area (Å²) in [5, 5.41) is 15.9. The van der Waals surface area contributed by atoms with Gasteiger partial charge in [-0.3, -0.25) is 4.79 Å². The van der Waals surface area contributed by atoms with E-state index in [1.54, 1.807) is 23.6 Å². The van der Waals surface area contributed by atoms with Crippen molar-refractivity contribution in [2.45, 2.75) is 19.4 Å². The third kappa shape index (κ3) is 3.90. The zero-order valence-electron chi connectivity index (χ0n) is 13.3. The Morgan fingerprint density at radius 2 is 2.17 bits per heavy atom. The topological polar surface area (TPSA) is 78.0 Å². The second kappa shape index (κ2) is 7.42. The summed E-state index contributed by atoms with van der Waals surface area (Å²) < 4.78 is 0. The van der Waals surface area contributed by atoms with E-state index in [-0.39, 0.29) is 5.91 Å². The number of aliphatic hydroxyl groups is 1. The highest BCUT2D eigenvalue weighted by Gasteiger charge is 2.12. The molecular weight excluding hydrogens is 322 g/mol. The van der Waals surface area contributed by atoms with Crippen molar-refractivity contribution in [1.82, 2.24) is 15.3 Å². The summed E-state index contributed by atoms with van der Waals surface area (Å²) in [4.78, 5) is 19.6. The lowest BCUT2D eigenvalue weighted by Gasteiger charge is -2.11. The number of aryl methyl sites for hydroxylation is 1. The van der Waals surface area contributed by atoms with Gasteiger partial charge in [0.1, 0.15) is 5.69 Å². The van der Waals surface area contributed by atoms with Gasteiger partial charge in [-0.25, -0.2) is 4.98 Å². The van der Waals surface area contributed by atoms with Crippen LogP contribution in [0.4, 0.5) is 0 Å². The maximum absolute atomic E-state index is 12.2. The SMILES string of the molecule is Cc1nc(-c2c[nH]c(C(=O)NCCC(O)c3ccccc3)c2)cs1. The van der Waals surface area contributed by atoms with Crippen molar-refractivity contribution in [3.8, 4) is 11.3 Å². The van der Waals surface area contributed by atoms with E-state index in [0.717, 1.165) is 21.8 Å². The monoisotopic (exact) mass is 341 g/mol. The normalized spacial score (nSPS) is 12.1. The molecule has 0 spiro atoms. The lowest BCUT2D eigenvalue weighted by atomic mass is 10.1. The molecule has 0 saturated heterocycles. The van der Waals surface area contributed by atoms with Crippen molar-refractivity contribution in [2.24, 2.45) is 0 Å². The number of H-pyrrole nitrogens is 1. The van der Waals surface area contributed by atoms with Gasteiger partial charge in [-0.2, -0.15) is 0 Å². The molecule has 3 N–H and O–H groups in total. The Bertz CT molecular complexity index is 811. The van der Waals surface area contributed by atoms with Crippen LogP contribution in [0, 0.1) is 6.92 Å². The predicted molar refractivity (Wildman–Crippen MR) is 95.0 cm³/mol. The van der Waals surface area contributed by atoms with E-state index in [2.05, 4.69) is 15.3 Å². The number of carbonyl (C=O) groups is 1. The van der Waals surface area contributed by atoms with Crippen LogP contribution in [0.25, 0.3) is 11.3 Å². The molecule has 24 heavy (non-hydrogen) atoms. The molecule has 1 unspecified atom stereocenters. The van der Waals surface area contributed by atoms with Gasteiger partial charge in [0.15, 0.2) is 0 Å². The number of hydrogen-bond acceptors (Lipinski definition) is 4. The van der Waals surface area contributed by atoms with Crippen molar-refractivity contribution in [3.63, 3.8) is 0 Å². The van der Waals surface area contributed by atoms with Gasteiger partial charge in [0.2, 0.25) is 0 Å². The molecule has 0 aliphatic heterocycles. The van der Waals surface area contributed by atoms with Crippen LogP contribution in [-0.2, 0) is 0 Å². The number of thiazole rings is 1. The van der Waals surface area contributed by atoms with Gasteiger partial charge in [-0.05, 0) is 25.0 Å². The Morgan fingerprint density at radius 1 is 1.38 bits per heavy atom. The van der Waals surface area contributed by atoms with Gasteiger partial charge in [-0.15, -0.1) is 11.3 Å². The standard InChI is InChI=1S/C18H19N3O2S/c1-12-21-16(11-24-12)14-9-15(20-10-14)18(23)19-8-7-17(22)13-5-3-2-4-6-13/h2-6,9-11,17,20,22H,7-8H2,1H3,(H,19,23). The van der Waals surface area contributed by atoms with Crippen molar-refractivity contribution in [2.75, 3.05) is 6.54 Å². The van der Waals surface area contributed by atoms with Gasteiger partial charge in [0, 0.05) is 23.7 Å². The summed E-state index contributed by atoms with van der Waals surface area (Å²) >= 11 is 1.58. The first-order valence-electron chi connectivity index (χ1n) is 7.75. The third-order valence-corrected chi connectivity index (χ3v) is 4.50. The first-order valence-corrected chi connectivity index (χ1v) is 8.63. The maximum Gasteiger partial charge on any atom is 0.267 e. The number of aliphatic hydroxyl groups excluding tert-OH is 1. The number of nitrogens with one attached hydrogen (secondary N) is 2. The molecule has 0 bridgehead atoms. The first-order chi connectivity index (χ1) is 11.6. The number of aromatic amines is 1. The Hall–Kier alpha value is -2.44. The van der Waals surface area contributed by atoms with Gasteiger partial charge < -0.3 is 15.4 Å². The van der Waals surface area contributed by atoms with Crippen LogP contribution in [0.1, 0.15) is 33.6 Å². The molecule has 2 heterocycles. The van der Waals surface area contributed by atoms with E-state index in [9.17, 15) is 9.90 Å². The maximum atomic E-state index is 12.2. The van der Waals surface area contributed by atoms with Crippen LogP contribution < -0.4 is 5.32 Å². The minimum absolute atomic E-state index is 0.187. The van der Waals surface area contributed by atoms with Crippen molar-refractivity contribution < 1.29 is 9.90 Å². The number of nitrogens with zero attached hydrogens (tertiary/aromatic N) is 1. The fourth-order valence-electron chi connectivity index (χ4n) is 2.43. The number of carbonyl (C=O) groups excluding carboxylic acids is 1. The van der Waals surface area contributed by atoms with E-state index >= 15 is 0 Å². The molecule has 1 atom stereocenters. The van der Waals surface area contributed by atoms with Crippen LogP contribution in [0.3, 0.4) is 0 Å². The van der Waals surface area contributed by atoms with Gasteiger partial charge >= 0.3 is 0 Å². The largest absolute Gasteiger partial charge is 0.388 e. The van der Waals surface area contributed by atoms with Crippen molar-refractivity contribution in [3.05, 3.63) is 64.2 Å². The zero-order chi connectivity index (χ0) is 16.9. The molecule has 0 saturated carbocycles. The molecule has 1 aromatic carbocycles.